The molecule has 4 aromatic rings. The number of fused-ring (bicyclic) bond motifs is 1. The molecule has 0 aliphatic carbocycles. The maximum atomic E-state index is 13.1. The molecule has 5 rings (SSSR count). The number of carbonyl (C=O) groups is 2. The van der Waals surface area contributed by atoms with Crippen LogP contribution in [-0.4, -0.2) is 35.6 Å². The van der Waals surface area contributed by atoms with Crippen molar-refractivity contribution in [2.24, 2.45) is 0 Å². The topological polar surface area (TPSA) is 97.6 Å². The molecule has 1 N–H and O–H groups in total. The van der Waals surface area contributed by atoms with Crippen LogP contribution in [0.25, 0.3) is 11.4 Å². The van der Waals surface area contributed by atoms with E-state index in [1.54, 1.807) is 48.4 Å². The van der Waals surface area contributed by atoms with Crippen molar-refractivity contribution in [3.05, 3.63) is 89.6 Å². The Balaban J connectivity index is 1.21. The number of methoxy groups -OCH3 is 1. The first-order chi connectivity index (χ1) is 17.5. The minimum Gasteiger partial charge on any atom is -0.497 e. The van der Waals surface area contributed by atoms with E-state index in [0.29, 0.717) is 40.8 Å². The van der Waals surface area contributed by atoms with Gasteiger partial charge >= 0.3 is 0 Å². The van der Waals surface area contributed by atoms with Crippen molar-refractivity contribution in [1.82, 2.24) is 10.1 Å². The van der Waals surface area contributed by atoms with Crippen LogP contribution in [0.3, 0.4) is 0 Å². The summed E-state index contributed by atoms with van der Waals surface area (Å²) in [5, 5.41) is 6.77. The molecule has 0 saturated heterocycles. The normalized spacial score (nSPS) is 12.3. The molecule has 9 heteroatoms. The molecule has 3 aromatic carbocycles. The molecule has 0 bridgehead atoms. The number of benzene rings is 3. The molecule has 0 saturated carbocycles. The summed E-state index contributed by atoms with van der Waals surface area (Å²) in [6.07, 6.45) is 1.14. The number of amides is 2. The van der Waals surface area contributed by atoms with Gasteiger partial charge < -0.3 is 19.5 Å². The zero-order chi connectivity index (χ0) is 25.1. The van der Waals surface area contributed by atoms with Crippen molar-refractivity contribution >= 4 is 23.2 Å². The summed E-state index contributed by atoms with van der Waals surface area (Å²) >= 11 is 0. The summed E-state index contributed by atoms with van der Waals surface area (Å²) in [6, 6.07) is 18.3. The third-order valence-electron chi connectivity index (χ3n) is 5.98. The molecule has 1 aliphatic rings. The zero-order valence-corrected chi connectivity index (χ0v) is 19.5. The van der Waals surface area contributed by atoms with Crippen LogP contribution in [0.2, 0.25) is 0 Å². The molecule has 2 heterocycles. The van der Waals surface area contributed by atoms with Gasteiger partial charge in [-0.15, -0.1) is 0 Å². The Labute approximate surface area is 206 Å². The molecule has 2 amide bonds. The number of halogens is 1. The molecule has 182 valence electrons. The van der Waals surface area contributed by atoms with Gasteiger partial charge in [0.1, 0.15) is 11.6 Å². The van der Waals surface area contributed by atoms with Crippen LogP contribution in [0.4, 0.5) is 15.8 Å². The highest BCUT2D eigenvalue weighted by molar-refractivity contribution is 6.07. The Morgan fingerprint density at radius 2 is 1.86 bits per heavy atom. The fraction of sp³-hybridized carbons (Fsp3) is 0.185. The first kappa shape index (κ1) is 23.2. The standard InChI is InChI=1S/C27H23FN4O4/c1-35-22-10-5-19(6-11-22)27(34)32-15-14-17-4-9-21(16-23(17)32)29-24(33)12-13-25-30-26(31-36-25)18-2-7-20(28)8-3-18/h2-11,16H,12-15H2,1H3,(H,29,33). The van der Waals surface area contributed by atoms with E-state index in [-0.39, 0.29) is 30.5 Å². The van der Waals surface area contributed by atoms with Gasteiger partial charge in [0.05, 0.1) is 7.11 Å². The van der Waals surface area contributed by atoms with Gasteiger partial charge in [0, 0.05) is 41.9 Å². The zero-order valence-electron chi connectivity index (χ0n) is 19.5. The predicted octanol–water partition coefficient (Wildman–Crippen LogP) is 4.66. The van der Waals surface area contributed by atoms with Crippen LogP contribution in [-0.2, 0) is 17.6 Å². The maximum absolute atomic E-state index is 13.1. The lowest BCUT2D eigenvalue weighted by molar-refractivity contribution is -0.116. The minimum atomic E-state index is -0.348. The van der Waals surface area contributed by atoms with Gasteiger partial charge in [-0.3, -0.25) is 9.59 Å². The van der Waals surface area contributed by atoms with E-state index in [9.17, 15) is 14.0 Å². The fourth-order valence-corrected chi connectivity index (χ4v) is 4.07. The monoisotopic (exact) mass is 486 g/mol. The van der Waals surface area contributed by atoms with Crippen molar-refractivity contribution in [1.29, 1.82) is 0 Å². The van der Waals surface area contributed by atoms with Crippen LogP contribution in [0.5, 0.6) is 5.75 Å². The number of ether oxygens (including phenoxy) is 1. The van der Waals surface area contributed by atoms with E-state index >= 15 is 0 Å². The lowest BCUT2D eigenvalue weighted by Gasteiger charge is -2.18. The number of hydrogen-bond acceptors (Lipinski definition) is 6. The molecule has 0 radical (unpaired) electrons. The molecule has 0 fully saturated rings. The largest absolute Gasteiger partial charge is 0.497 e. The predicted molar refractivity (Wildman–Crippen MR) is 131 cm³/mol. The fourth-order valence-electron chi connectivity index (χ4n) is 4.07. The molecule has 0 spiro atoms. The van der Waals surface area contributed by atoms with Crippen molar-refractivity contribution in [3.8, 4) is 17.1 Å². The van der Waals surface area contributed by atoms with Gasteiger partial charge in [0.25, 0.3) is 5.91 Å². The Hall–Kier alpha value is -4.53. The van der Waals surface area contributed by atoms with Crippen LogP contribution in [0.15, 0.2) is 71.3 Å². The number of aryl methyl sites for hydroxylation is 1. The van der Waals surface area contributed by atoms with Crippen molar-refractivity contribution in [3.63, 3.8) is 0 Å². The van der Waals surface area contributed by atoms with E-state index in [1.165, 1.54) is 12.1 Å². The van der Waals surface area contributed by atoms with Gasteiger partial charge in [0.15, 0.2) is 0 Å². The molecule has 1 aromatic heterocycles. The van der Waals surface area contributed by atoms with Crippen molar-refractivity contribution in [2.75, 3.05) is 23.9 Å². The number of hydrogen-bond donors (Lipinski definition) is 1. The second-order valence-electron chi connectivity index (χ2n) is 8.35. The average Bonchev–Trinajstić information content (AvgIpc) is 3.55. The molecular weight excluding hydrogens is 463 g/mol. The molecule has 1 aliphatic heterocycles. The second kappa shape index (κ2) is 9.99. The highest BCUT2D eigenvalue weighted by Crippen LogP contribution is 2.32. The minimum absolute atomic E-state index is 0.103. The van der Waals surface area contributed by atoms with Gasteiger partial charge in [0.2, 0.25) is 17.6 Å². The van der Waals surface area contributed by atoms with Crippen molar-refractivity contribution in [2.45, 2.75) is 19.3 Å². The van der Waals surface area contributed by atoms with Crippen LogP contribution in [0, 0.1) is 5.82 Å². The number of carbonyl (C=O) groups excluding carboxylic acids is 2. The summed E-state index contributed by atoms with van der Waals surface area (Å²) in [7, 11) is 1.58. The van der Waals surface area contributed by atoms with E-state index in [4.69, 9.17) is 9.26 Å². The average molecular weight is 487 g/mol. The number of anilines is 2. The smallest absolute Gasteiger partial charge is 0.258 e. The van der Waals surface area contributed by atoms with Crippen LogP contribution in [0.1, 0.15) is 28.2 Å². The third-order valence-corrected chi connectivity index (χ3v) is 5.98. The number of rotatable bonds is 7. The molecular formula is C27H23FN4O4. The lowest BCUT2D eigenvalue weighted by Crippen LogP contribution is -2.28. The SMILES string of the molecule is COc1ccc(C(=O)N2CCc3ccc(NC(=O)CCc4nc(-c5ccc(F)cc5)no4)cc32)cc1. The summed E-state index contributed by atoms with van der Waals surface area (Å²) in [5.41, 5.74) is 3.63. The summed E-state index contributed by atoms with van der Waals surface area (Å²) < 4.78 is 23.5. The van der Waals surface area contributed by atoms with E-state index < -0.39 is 0 Å². The summed E-state index contributed by atoms with van der Waals surface area (Å²) in [4.78, 5) is 31.6. The third kappa shape index (κ3) is 4.95. The molecule has 0 atom stereocenters. The van der Waals surface area contributed by atoms with Gasteiger partial charge in [-0.2, -0.15) is 4.98 Å². The lowest BCUT2D eigenvalue weighted by atomic mass is 10.1. The molecule has 0 unspecified atom stereocenters. The molecule has 36 heavy (non-hydrogen) atoms. The van der Waals surface area contributed by atoms with Gasteiger partial charge in [-0.1, -0.05) is 11.2 Å². The number of aromatic nitrogens is 2. The van der Waals surface area contributed by atoms with Crippen LogP contribution >= 0.6 is 0 Å². The van der Waals surface area contributed by atoms with E-state index in [1.807, 2.05) is 18.2 Å². The van der Waals surface area contributed by atoms with E-state index in [0.717, 1.165) is 17.7 Å². The quantitative estimate of drug-likeness (QED) is 0.408. The Bertz CT molecular complexity index is 1400. The first-order valence-electron chi connectivity index (χ1n) is 11.5. The Kier molecular flexibility index (Phi) is 6.44. The Morgan fingerprint density at radius 1 is 1.08 bits per heavy atom. The van der Waals surface area contributed by atoms with Gasteiger partial charge in [-0.25, -0.2) is 4.39 Å². The summed E-state index contributed by atoms with van der Waals surface area (Å²) in [6.45, 7) is 0.575. The number of nitrogens with one attached hydrogen (secondary N) is 1. The highest BCUT2D eigenvalue weighted by Gasteiger charge is 2.26. The maximum Gasteiger partial charge on any atom is 0.258 e. The highest BCUT2D eigenvalue weighted by atomic mass is 19.1. The van der Waals surface area contributed by atoms with Crippen LogP contribution < -0.4 is 15.0 Å². The molecule has 8 nitrogen and oxygen atoms in total. The van der Waals surface area contributed by atoms with Crippen molar-refractivity contribution < 1.29 is 23.2 Å². The summed E-state index contributed by atoms with van der Waals surface area (Å²) in [5.74, 6) is 0.667. The first-order valence-corrected chi connectivity index (χ1v) is 11.5. The van der Waals surface area contributed by atoms with E-state index in [2.05, 4.69) is 15.5 Å². The Morgan fingerprint density at radius 3 is 2.61 bits per heavy atom. The second-order valence-corrected chi connectivity index (χ2v) is 8.35. The van der Waals surface area contributed by atoms with Gasteiger partial charge in [-0.05, 0) is 72.6 Å². The number of nitrogens with zero attached hydrogens (tertiary/aromatic N) is 3.